The van der Waals surface area contributed by atoms with E-state index in [2.05, 4.69) is 20.6 Å². The smallest absolute Gasteiger partial charge is 0.270 e. The van der Waals surface area contributed by atoms with E-state index in [1.807, 2.05) is 31.2 Å². The molecule has 0 radical (unpaired) electrons. The largest absolute Gasteiger partial charge is 0.347 e. The normalized spacial score (nSPS) is 10.4. The Hall–Kier alpha value is -3.61. The summed E-state index contributed by atoms with van der Waals surface area (Å²) in [5.41, 5.74) is 2.85. The van der Waals surface area contributed by atoms with Crippen molar-refractivity contribution >= 4 is 11.8 Å². The first-order valence-electron chi connectivity index (χ1n) is 8.70. The lowest BCUT2D eigenvalue weighted by Gasteiger charge is -2.07. The van der Waals surface area contributed by atoms with Crippen LogP contribution in [0.15, 0.2) is 60.9 Å². The number of carbonyl (C=O) groups is 2. The highest BCUT2D eigenvalue weighted by atomic mass is 19.1. The second kappa shape index (κ2) is 8.85. The summed E-state index contributed by atoms with van der Waals surface area (Å²) < 4.78 is 13.2. The van der Waals surface area contributed by atoms with Crippen LogP contribution in [0, 0.1) is 12.7 Å². The van der Waals surface area contributed by atoms with Crippen LogP contribution in [-0.2, 0) is 13.1 Å². The Balaban J connectivity index is 1.60. The summed E-state index contributed by atoms with van der Waals surface area (Å²) in [7, 11) is 0. The lowest BCUT2D eigenvalue weighted by molar-refractivity contribution is 0.0944. The molecule has 1 aromatic heterocycles. The van der Waals surface area contributed by atoms with Gasteiger partial charge in [-0.05, 0) is 30.2 Å². The molecule has 0 atom stereocenters. The highest BCUT2D eigenvalue weighted by Gasteiger charge is 2.13. The molecule has 3 aromatic rings. The second-order valence-corrected chi connectivity index (χ2v) is 6.27. The topological polar surface area (TPSA) is 84.0 Å². The van der Waals surface area contributed by atoms with E-state index in [0.29, 0.717) is 12.1 Å². The van der Waals surface area contributed by atoms with Crippen molar-refractivity contribution < 1.29 is 14.0 Å². The van der Waals surface area contributed by atoms with Gasteiger partial charge in [-0.3, -0.25) is 9.59 Å². The van der Waals surface area contributed by atoms with Gasteiger partial charge >= 0.3 is 0 Å². The number of carbonyl (C=O) groups excluding carboxylic acids is 2. The van der Waals surface area contributed by atoms with Crippen molar-refractivity contribution in [2.45, 2.75) is 20.0 Å². The van der Waals surface area contributed by atoms with Gasteiger partial charge < -0.3 is 10.6 Å². The molecule has 28 heavy (non-hydrogen) atoms. The van der Waals surface area contributed by atoms with Crippen molar-refractivity contribution in [1.29, 1.82) is 0 Å². The summed E-state index contributed by atoms with van der Waals surface area (Å²) in [6.07, 6.45) is 1.17. The van der Waals surface area contributed by atoms with E-state index >= 15 is 0 Å². The minimum Gasteiger partial charge on any atom is -0.347 e. The molecule has 0 fully saturated rings. The van der Waals surface area contributed by atoms with Crippen LogP contribution >= 0.6 is 0 Å². The van der Waals surface area contributed by atoms with Crippen molar-refractivity contribution in [2.75, 3.05) is 0 Å². The highest BCUT2D eigenvalue weighted by Crippen LogP contribution is 2.06. The van der Waals surface area contributed by atoms with Crippen molar-refractivity contribution in [1.82, 2.24) is 20.6 Å². The fourth-order valence-corrected chi connectivity index (χ4v) is 2.62. The fraction of sp³-hybridized carbons (Fsp3) is 0.143. The number of hydrogen-bond donors (Lipinski definition) is 2. The molecular weight excluding hydrogens is 359 g/mol. The molecule has 2 N–H and O–H groups in total. The van der Waals surface area contributed by atoms with E-state index in [-0.39, 0.29) is 23.7 Å². The Morgan fingerprint density at radius 2 is 1.43 bits per heavy atom. The molecule has 142 valence electrons. The zero-order chi connectivity index (χ0) is 19.9. The molecule has 0 spiro atoms. The average Bonchev–Trinajstić information content (AvgIpc) is 2.70. The number of rotatable bonds is 6. The molecule has 2 amide bonds. The Kier molecular flexibility index (Phi) is 6.06. The summed E-state index contributed by atoms with van der Waals surface area (Å²) in [4.78, 5) is 32.4. The number of nitrogens with one attached hydrogen (secondary N) is 2. The van der Waals surface area contributed by atoms with Gasteiger partial charge in [0, 0.05) is 19.2 Å². The second-order valence-electron chi connectivity index (χ2n) is 6.27. The molecule has 0 aliphatic rings. The maximum Gasteiger partial charge on any atom is 0.270 e. The average molecular weight is 378 g/mol. The molecule has 0 unspecified atom stereocenters. The first-order valence-corrected chi connectivity index (χ1v) is 8.70. The highest BCUT2D eigenvalue weighted by molar-refractivity contribution is 5.97. The van der Waals surface area contributed by atoms with Crippen molar-refractivity contribution in [3.63, 3.8) is 0 Å². The number of aromatic nitrogens is 2. The minimum absolute atomic E-state index is 0.0621. The van der Waals surface area contributed by atoms with Gasteiger partial charge in [-0.2, -0.15) is 0 Å². The van der Waals surface area contributed by atoms with Crippen LogP contribution in [0.1, 0.15) is 37.7 Å². The lowest BCUT2D eigenvalue weighted by atomic mass is 10.1. The molecular formula is C21H19FN4O2. The van der Waals surface area contributed by atoms with Gasteiger partial charge in [0.25, 0.3) is 11.8 Å². The number of amides is 2. The van der Waals surface area contributed by atoms with E-state index in [4.69, 9.17) is 0 Å². The lowest BCUT2D eigenvalue weighted by Crippen LogP contribution is -2.27. The first kappa shape index (κ1) is 19.2. The van der Waals surface area contributed by atoms with Gasteiger partial charge in [-0.25, -0.2) is 14.4 Å². The standard InChI is InChI=1S/C21H19FN4O2/c1-14-4-2-5-15(8-14)11-23-20(27)18-10-19(26-13-25-18)21(28)24-12-16-6-3-7-17(22)9-16/h2-10,13H,11-12H2,1H3,(H,23,27)(H,24,28). The van der Waals surface area contributed by atoms with Crippen LogP contribution in [0.3, 0.4) is 0 Å². The van der Waals surface area contributed by atoms with Gasteiger partial charge in [0.15, 0.2) is 0 Å². The third-order valence-corrected chi connectivity index (χ3v) is 4.01. The predicted molar refractivity (Wildman–Crippen MR) is 102 cm³/mol. The van der Waals surface area contributed by atoms with Crippen molar-refractivity contribution in [3.8, 4) is 0 Å². The zero-order valence-corrected chi connectivity index (χ0v) is 15.3. The minimum atomic E-state index is -0.473. The molecule has 3 rings (SSSR count). The third kappa shape index (κ3) is 5.20. The molecule has 0 bridgehead atoms. The van der Waals surface area contributed by atoms with Crippen molar-refractivity contribution in [2.24, 2.45) is 0 Å². The molecule has 0 aliphatic carbocycles. The Bertz CT molecular complexity index is 930. The quantitative estimate of drug-likeness (QED) is 0.691. The van der Waals surface area contributed by atoms with Crippen LogP contribution in [0.4, 0.5) is 4.39 Å². The summed E-state index contributed by atoms with van der Waals surface area (Å²) in [6, 6.07) is 15.1. The molecule has 0 saturated heterocycles. The van der Waals surface area contributed by atoms with E-state index < -0.39 is 11.8 Å². The van der Waals surface area contributed by atoms with Gasteiger partial charge in [0.2, 0.25) is 0 Å². The molecule has 2 aromatic carbocycles. The molecule has 1 heterocycles. The van der Waals surface area contributed by atoms with E-state index in [0.717, 1.165) is 11.1 Å². The molecule has 0 saturated carbocycles. The van der Waals surface area contributed by atoms with Crippen LogP contribution in [0.25, 0.3) is 0 Å². The van der Waals surface area contributed by atoms with Crippen LogP contribution < -0.4 is 10.6 Å². The third-order valence-electron chi connectivity index (χ3n) is 4.01. The van der Waals surface area contributed by atoms with Gasteiger partial charge in [0.05, 0.1) is 0 Å². The number of aryl methyl sites for hydroxylation is 1. The van der Waals surface area contributed by atoms with Crippen molar-refractivity contribution in [3.05, 3.63) is 94.8 Å². The van der Waals surface area contributed by atoms with Gasteiger partial charge in [-0.1, -0.05) is 42.0 Å². The summed E-state index contributed by atoms with van der Waals surface area (Å²) in [5.74, 6) is -1.25. The molecule has 7 heteroatoms. The maximum absolute atomic E-state index is 13.2. The Labute approximate surface area is 161 Å². The van der Waals surface area contributed by atoms with E-state index in [9.17, 15) is 14.0 Å². The van der Waals surface area contributed by atoms with Crippen LogP contribution in [0.5, 0.6) is 0 Å². The predicted octanol–water partition coefficient (Wildman–Crippen LogP) is 2.78. The number of halogens is 1. The number of benzene rings is 2. The summed E-state index contributed by atoms with van der Waals surface area (Å²) in [6.45, 7) is 2.48. The van der Waals surface area contributed by atoms with E-state index in [1.165, 1.54) is 24.5 Å². The van der Waals surface area contributed by atoms with Crippen LogP contribution in [0.2, 0.25) is 0 Å². The van der Waals surface area contributed by atoms with Crippen LogP contribution in [-0.4, -0.2) is 21.8 Å². The summed E-state index contributed by atoms with van der Waals surface area (Å²) in [5, 5.41) is 5.42. The SMILES string of the molecule is Cc1cccc(CNC(=O)c2cc(C(=O)NCc3cccc(F)c3)ncn2)c1. The van der Waals surface area contributed by atoms with E-state index in [1.54, 1.807) is 12.1 Å². The first-order chi connectivity index (χ1) is 13.5. The molecule has 0 aliphatic heterocycles. The number of hydrogen-bond acceptors (Lipinski definition) is 4. The Morgan fingerprint density at radius 3 is 2.00 bits per heavy atom. The fourth-order valence-electron chi connectivity index (χ4n) is 2.62. The summed E-state index contributed by atoms with van der Waals surface area (Å²) >= 11 is 0. The maximum atomic E-state index is 13.2. The number of nitrogens with zero attached hydrogens (tertiary/aromatic N) is 2. The van der Waals surface area contributed by atoms with Gasteiger partial charge in [-0.15, -0.1) is 0 Å². The van der Waals surface area contributed by atoms with Gasteiger partial charge in [0.1, 0.15) is 23.5 Å². The Morgan fingerprint density at radius 1 is 0.857 bits per heavy atom. The molecule has 6 nitrogen and oxygen atoms in total. The monoisotopic (exact) mass is 378 g/mol. The zero-order valence-electron chi connectivity index (χ0n) is 15.3.